The zero-order valence-corrected chi connectivity index (χ0v) is 25.9. The number of hydrogen-bond donors (Lipinski definition) is 8. The first-order valence-electron chi connectivity index (χ1n) is 16.2. The molecule has 0 amide bonds. The second-order valence-corrected chi connectivity index (χ2v) is 11.9. The molecule has 0 bridgehead atoms. The van der Waals surface area contributed by atoms with Gasteiger partial charge in [-0.3, -0.25) is 4.79 Å². The van der Waals surface area contributed by atoms with Gasteiger partial charge in [-0.25, -0.2) is 0 Å². The van der Waals surface area contributed by atoms with E-state index in [4.69, 9.17) is 23.7 Å². The first-order chi connectivity index (χ1) is 21.1. The summed E-state index contributed by atoms with van der Waals surface area (Å²) >= 11 is 0. The summed E-state index contributed by atoms with van der Waals surface area (Å²) in [5.74, 6) is -0.436. The van der Waals surface area contributed by atoms with Crippen molar-refractivity contribution < 1.29 is 69.3 Å². The molecule has 260 valence electrons. The van der Waals surface area contributed by atoms with Crippen LogP contribution in [0.4, 0.5) is 0 Å². The highest BCUT2D eigenvalue weighted by atomic mass is 16.7. The van der Waals surface area contributed by atoms with E-state index in [-0.39, 0.29) is 13.0 Å². The molecule has 14 heteroatoms. The van der Waals surface area contributed by atoms with E-state index in [1.807, 2.05) is 0 Å². The molecule has 0 aromatic carbocycles. The van der Waals surface area contributed by atoms with Crippen LogP contribution in [0, 0.1) is 0 Å². The van der Waals surface area contributed by atoms with Crippen molar-refractivity contribution in [1.29, 1.82) is 0 Å². The van der Waals surface area contributed by atoms with Gasteiger partial charge in [-0.1, -0.05) is 77.6 Å². The largest absolute Gasteiger partial charge is 0.463 e. The minimum Gasteiger partial charge on any atom is -0.463 e. The van der Waals surface area contributed by atoms with Crippen LogP contribution in [0.3, 0.4) is 0 Å². The van der Waals surface area contributed by atoms with Gasteiger partial charge in [-0.05, 0) is 6.42 Å². The Hall–Kier alpha value is -1.01. The zero-order valence-electron chi connectivity index (χ0n) is 25.9. The van der Waals surface area contributed by atoms with E-state index in [2.05, 4.69) is 6.92 Å². The normalized spacial score (nSPS) is 33.3. The maximum Gasteiger partial charge on any atom is 0.305 e. The highest BCUT2D eigenvalue weighted by molar-refractivity contribution is 5.69. The molecule has 0 aliphatic carbocycles. The standard InChI is InChI=1S/C30H56O14/c1-2-3-4-5-6-7-8-9-10-11-12-13-14-22(33)40-16-19(32)17-41-29-28(39)26(37)24(35)21(44-29)18-42-30-27(38)25(36)23(34)20(15-31)43-30/h19-21,23-32,34-39H,2-18H2,1H3/t19?,20-,21-,23-,24-,25+,26+,27-,28-,29-,30-/m1/s1. The monoisotopic (exact) mass is 640 g/mol. The maximum absolute atomic E-state index is 12.0. The number of esters is 1. The van der Waals surface area contributed by atoms with Crippen molar-refractivity contribution in [2.24, 2.45) is 0 Å². The number of unbranched alkanes of at least 4 members (excludes halogenated alkanes) is 11. The number of rotatable bonds is 22. The highest BCUT2D eigenvalue weighted by Gasteiger charge is 2.47. The third kappa shape index (κ3) is 13.4. The lowest BCUT2D eigenvalue weighted by atomic mass is 9.98. The molecule has 2 fully saturated rings. The van der Waals surface area contributed by atoms with E-state index < -0.39 is 93.3 Å². The predicted octanol–water partition coefficient (Wildman–Crippen LogP) is -0.378. The number of ether oxygens (including phenoxy) is 5. The van der Waals surface area contributed by atoms with E-state index >= 15 is 0 Å². The second-order valence-electron chi connectivity index (χ2n) is 11.9. The van der Waals surface area contributed by atoms with Crippen LogP contribution in [0.1, 0.15) is 90.4 Å². The molecule has 0 spiro atoms. The van der Waals surface area contributed by atoms with Gasteiger partial charge in [0.2, 0.25) is 0 Å². The summed E-state index contributed by atoms with van der Waals surface area (Å²) in [7, 11) is 0. The number of hydrogen-bond acceptors (Lipinski definition) is 14. The second kappa shape index (κ2) is 21.7. The summed E-state index contributed by atoms with van der Waals surface area (Å²) in [6.07, 6.45) is -2.31. The van der Waals surface area contributed by atoms with Gasteiger partial charge in [0.1, 0.15) is 61.5 Å². The minimum atomic E-state index is -1.72. The van der Waals surface area contributed by atoms with Crippen LogP contribution in [0.15, 0.2) is 0 Å². The van der Waals surface area contributed by atoms with Gasteiger partial charge in [0, 0.05) is 6.42 Å². The molecule has 0 aromatic heterocycles. The van der Waals surface area contributed by atoms with Gasteiger partial charge in [-0.2, -0.15) is 0 Å². The Morgan fingerprint density at radius 1 is 0.636 bits per heavy atom. The van der Waals surface area contributed by atoms with Crippen LogP contribution in [0.25, 0.3) is 0 Å². The van der Waals surface area contributed by atoms with Crippen molar-refractivity contribution in [3.8, 4) is 0 Å². The molecule has 2 rings (SSSR count). The molecule has 2 aliphatic rings. The smallest absolute Gasteiger partial charge is 0.305 e. The molecule has 8 N–H and O–H groups in total. The van der Waals surface area contributed by atoms with Crippen molar-refractivity contribution in [2.75, 3.05) is 26.4 Å². The van der Waals surface area contributed by atoms with Crippen LogP contribution in [-0.2, 0) is 28.5 Å². The quantitative estimate of drug-likeness (QED) is 0.0558. The van der Waals surface area contributed by atoms with E-state index in [1.165, 1.54) is 51.4 Å². The summed E-state index contributed by atoms with van der Waals surface area (Å²) in [6, 6.07) is 0. The van der Waals surface area contributed by atoms with Crippen LogP contribution in [0.2, 0.25) is 0 Å². The van der Waals surface area contributed by atoms with E-state index in [1.54, 1.807) is 0 Å². The molecule has 0 saturated carbocycles. The summed E-state index contributed by atoms with van der Waals surface area (Å²) in [5, 5.41) is 80.2. The molecular weight excluding hydrogens is 584 g/mol. The molecule has 0 aromatic rings. The van der Waals surface area contributed by atoms with Crippen molar-refractivity contribution in [2.45, 2.75) is 158 Å². The Labute approximate surface area is 259 Å². The Morgan fingerprint density at radius 2 is 1.11 bits per heavy atom. The number of aliphatic hydroxyl groups excluding tert-OH is 8. The van der Waals surface area contributed by atoms with E-state index in [9.17, 15) is 45.6 Å². The Morgan fingerprint density at radius 3 is 1.66 bits per heavy atom. The lowest BCUT2D eigenvalue weighted by Crippen LogP contribution is -2.61. The van der Waals surface area contributed by atoms with Crippen molar-refractivity contribution >= 4 is 5.97 Å². The Balaban J connectivity index is 1.61. The van der Waals surface area contributed by atoms with Gasteiger partial charge >= 0.3 is 5.97 Å². The number of carbonyl (C=O) groups excluding carboxylic acids is 1. The predicted molar refractivity (Wildman–Crippen MR) is 155 cm³/mol. The maximum atomic E-state index is 12.0. The highest BCUT2D eigenvalue weighted by Crippen LogP contribution is 2.26. The molecule has 0 radical (unpaired) electrons. The summed E-state index contributed by atoms with van der Waals surface area (Å²) in [5.41, 5.74) is 0. The fourth-order valence-electron chi connectivity index (χ4n) is 5.21. The van der Waals surface area contributed by atoms with Gasteiger partial charge < -0.3 is 64.5 Å². The lowest BCUT2D eigenvalue weighted by molar-refractivity contribution is -0.332. The molecule has 2 saturated heterocycles. The third-order valence-electron chi connectivity index (χ3n) is 8.07. The molecule has 14 nitrogen and oxygen atoms in total. The number of carbonyl (C=O) groups is 1. The molecule has 44 heavy (non-hydrogen) atoms. The summed E-state index contributed by atoms with van der Waals surface area (Å²) in [4.78, 5) is 12.0. The summed E-state index contributed by atoms with van der Waals surface area (Å²) < 4.78 is 26.6. The minimum absolute atomic E-state index is 0.246. The molecule has 1 unspecified atom stereocenters. The first kappa shape index (κ1) is 39.2. The van der Waals surface area contributed by atoms with Gasteiger partial charge in [0.25, 0.3) is 0 Å². The SMILES string of the molecule is CCCCCCCCCCCCCCC(=O)OCC(O)CO[C@@H]1O[C@H](CO[C@@H]2O[C@H](CO)[C@@H](O)[C@H](O)[C@H]2O)[C@@H](O)[C@H](O)[C@H]1O. The fraction of sp³-hybridized carbons (Fsp3) is 0.967. The zero-order chi connectivity index (χ0) is 32.5. The first-order valence-corrected chi connectivity index (χ1v) is 16.2. The third-order valence-corrected chi connectivity index (χ3v) is 8.07. The molecular formula is C30H56O14. The number of aliphatic hydroxyl groups is 8. The fourth-order valence-corrected chi connectivity index (χ4v) is 5.21. The van der Waals surface area contributed by atoms with Crippen molar-refractivity contribution in [1.82, 2.24) is 0 Å². The average Bonchev–Trinajstić information content (AvgIpc) is 3.02. The van der Waals surface area contributed by atoms with Gasteiger partial charge in [0.05, 0.1) is 19.8 Å². The lowest BCUT2D eigenvalue weighted by Gasteiger charge is -2.42. The molecule has 11 atom stereocenters. The topological polar surface area (TPSA) is 225 Å². The van der Waals surface area contributed by atoms with Crippen LogP contribution in [-0.4, -0.2) is 141 Å². The van der Waals surface area contributed by atoms with Crippen molar-refractivity contribution in [3.05, 3.63) is 0 Å². The van der Waals surface area contributed by atoms with Gasteiger partial charge in [-0.15, -0.1) is 0 Å². The van der Waals surface area contributed by atoms with E-state index in [0.717, 1.165) is 19.3 Å². The van der Waals surface area contributed by atoms with Crippen LogP contribution < -0.4 is 0 Å². The average molecular weight is 641 g/mol. The van der Waals surface area contributed by atoms with Crippen LogP contribution in [0.5, 0.6) is 0 Å². The van der Waals surface area contributed by atoms with Crippen LogP contribution >= 0.6 is 0 Å². The molecule has 2 heterocycles. The van der Waals surface area contributed by atoms with Crippen molar-refractivity contribution in [3.63, 3.8) is 0 Å². The Kier molecular flexibility index (Phi) is 19.3. The summed E-state index contributed by atoms with van der Waals surface area (Å²) in [6.45, 7) is 0.293. The van der Waals surface area contributed by atoms with E-state index in [0.29, 0.717) is 6.42 Å². The Bertz CT molecular complexity index is 757. The van der Waals surface area contributed by atoms with Gasteiger partial charge in [0.15, 0.2) is 12.6 Å². The molecule has 2 aliphatic heterocycles.